The second-order valence-electron chi connectivity index (χ2n) is 5.43. The summed E-state index contributed by atoms with van der Waals surface area (Å²) >= 11 is 0. The molecule has 1 heterocycles. The Kier molecular flexibility index (Phi) is 6.19. The van der Waals surface area contributed by atoms with Crippen molar-refractivity contribution in [2.75, 3.05) is 18.1 Å². The minimum atomic E-state index is -4.53. The van der Waals surface area contributed by atoms with E-state index in [0.29, 0.717) is 0 Å². The highest BCUT2D eigenvalue weighted by molar-refractivity contribution is 7.90. The van der Waals surface area contributed by atoms with Gasteiger partial charge in [-0.2, -0.15) is 13.2 Å². The van der Waals surface area contributed by atoms with Gasteiger partial charge < -0.3 is 5.32 Å². The van der Waals surface area contributed by atoms with Crippen LogP contribution in [0.2, 0.25) is 0 Å². The molecule has 28 heavy (non-hydrogen) atoms. The molecule has 12 heteroatoms. The van der Waals surface area contributed by atoms with Crippen molar-refractivity contribution in [2.24, 2.45) is 0 Å². The molecule has 2 aromatic rings. The molecule has 1 aromatic carbocycles. The molecule has 2 rings (SSSR count). The number of nitrogens with one attached hydrogen (secondary N) is 1. The molecule has 0 saturated carbocycles. The van der Waals surface area contributed by atoms with Crippen molar-refractivity contribution in [1.82, 2.24) is 9.97 Å². The summed E-state index contributed by atoms with van der Waals surface area (Å²) in [4.78, 5) is 17.3. The van der Waals surface area contributed by atoms with E-state index in [1.807, 2.05) is 0 Å². The molecule has 0 aliphatic heterocycles. The maximum Gasteiger partial charge on any atom is 0.417 e. The quantitative estimate of drug-likeness (QED) is 0.263. The second kappa shape index (κ2) is 8.22. The van der Waals surface area contributed by atoms with E-state index in [9.17, 15) is 31.7 Å². The summed E-state index contributed by atoms with van der Waals surface area (Å²) in [5.41, 5.74) is -1.86. The number of anilines is 1. The highest BCUT2D eigenvalue weighted by atomic mass is 32.2. The van der Waals surface area contributed by atoms with Gasteiger partial charge in [-0.15, -0.1) is 0 Å². The van der Waals surface area contributed by atoms with Crippen LogP contribution in [0.3, 0.4) is 0 Å². The molecule has 8 nitrogen and oxygen atoms in total. The Labute approximate surface area is 157 Å². The molecule has 1 aromatic heterocycles. The predicted molar refractivity (Wildman–Crippen MR) is 93.2 cm³/mol. The highest BCUT2D eigenvalue weighted by Gasteiger charge is 2.32. The first kappa shape index (κ1) is 21.1. The van der Waals surface area contributed by atoms with Gasteiger partial charge in [0.15, 0.2) is 9.84 Å². The van der Waals surface area contributed by atoms with Gasteiger partial charge in [-0.25, -0.2) is 18.4 Å². The Morgan fingerprint density at radius 2 is 1.93 bits per heavy atom. The maximum atomic E-state index is 12.9. The number of rotatable bonds is 5. The zero-order valence-corrected chi connectivity index (χ0v) is 15.1. The summed E-state index contributed by atoms with van der Waals surface area (Å²) in [5.74, 6) is 4.62. The van der Waals surface area contributed by atoms with Crippen LogP contribution < -0.4 is 5.32 Å². The topological polar surface area (TPSA) is 115 Å². The van der Waals surface area contributed by atoms with Gasteiger partial charge in [0.25, 0.3) is 0 Å². The first-order chi connectivity index (χ1) is 13.0. The van der Waals surface area contributed by atoms with Gasteiger partial charge in [0.2, 0.25) is 10.8 Å². The number of benzene rings is 1. The smallest absolute Gasteiger partial charge is 0.363 e. The zero-order chi connectivity index (χ0) is 20.9. The fourth-order valence-electron chi connectivity index (χ4n) is 2.17. The van der Waals surface area contributed by atoms with E-state index >= 15 is 0 Å². The minimum absolute atomic E-state index is 0.0117. The molecule has 0 saturated heterocycles. The van der Waals surface area contributed by atoms with Crippen LogP contribution in [0.4, 0.5) is 24.7 Å². The molecule has 0 atom stereocenters. The predicted octanol–water partition coefficient (Wildman–Crippen LogP) is 2.66. The van der Waals surface area contributed by atoms with Crippen LogP contribution in [0.5, 0.6) is 0 Å². The molecule has 0 radical (unpaired) electrons. The lowest BCUT2D eigenvalue weighted by atomic mass is 10.1. The molecule has 1 N–H and O–H groups in total. The number of halogens is 3. The molecule has 0 aliphatic rings. The zero-order valence-electron chi connectivity index (χ0n) is 14.3. The van der Waals surface area contributed by atoms with Crippen molar-refractivity contribution >= 4 is 21.3 Å². The molecular weight excluding hydrogens is 401 g/mol. The number of nitrogens with zero attached hydrogens (tertiary/aromatic N) is 3. The molecule has 0 amide bonds. The van der Waals surface area contributed by atoms with Gasteiger partial charge in [0.1, 0.15) is 6.33 Å². The standard InChI is InChI=1S/C16H13F3N4O4S/c1-28(26,27)15-13(23(24)25)14(21-10-22-15)20-9-5-4-7-11-6-2-3-8-12(11)16(17,18)19/h2-3,6,8,10H,5,9H2,1H3,(H,20,21,22). The Balaban J connectivity index is 2.15. The van der Waals surface area contributed by atoms with Crippen molar-refractivity contribution in [3.8, 4) is 11.8 Å². The van der Waals surface area contributed by atoms with Gasteiger partial charge in [-0.3, -0.25) is 10.1 Å². The molecule has 0 aliphatic carbocycles. The summed E-state index contributed by atoms with van der Waals surface area (Å²) in [6.45, 7) is -0.0117. The fourth-order valence-corrected chi connectivity index (χ4v) is 2.93. The van der Waals surface area contributed by atoms with E-state index in [-0.39, 0.29) is 24.3 Å². The first-order valence-electron chi connectivity index (χ1n) is 7.60. The van der Waals surface area contributed by atoms with Crippen LogP contribution in [-0.2, 0) is 16.0 Å². The minimum Gasteiger partial charge on any atom is -0.363 e. The third-order valence-electron chi connectivity index (χ3n) is 3.32. The lowest BCUT2D eigenvalue weighted by molar-refractivity contribution is -0.387. The van der Waals surface area contributed by atoms with Crippen LogP contribution in [0, 0.1) is 22.0 Å². The van der Waals surface area contributed by atoms with E-state index in [1.165, 1.54) is 18.2 Å². The van der Waals surface area contributed by atoms with Crippen LogP contribution >= 0.6 is 0 Å². The van der Waals surface area contributed by atoms with E-state index in [4.69, 9.17) is 0 Å². The maximum absolute atomic E-state index is 12.9. The van der Waals surface area contributed by atoms with Crippen molar-refractivity contribution in [2.45, 2.75) is 17.6 Å². The Morgan fingerprint density at radius 3 is 2.54 bits per heavy atom. The largest absolute Gasteiger partial charge is 0.417 e. The third-order valence-corrected chi connectivity index (χ3v) is 4.32. The Bertz CT molecular complexity index is 1060. The average Bonchev–Trinajstić information content (AvgIpc) is 2.59. The SMILES string of the molecule is CS(=O)(=O)c1ncnc(NCCC#Cc2ccccc2C(F)(F)F)c1[N+](=O)[O-]. The molecule has 0 fully saturated rings. The van der Waals surface area contributed by atoms with E-state index < -0.39 is 37.2 Å². The summed E-state index contributed by atoms with van der Waals surface area (Å²) in [7, 11) is -3.96. The van der Waals surface area contributed by atoms with Crippen molar-refractivity contribution in [3.05, 3.63) is 51.8 Å². The number of aromatic nitrogens is 2. The average molecular weight is 414 g/mol. The number of hydrogen-bond acceptors (Lipinski definition) is 7. The molecule has 148 valence electrons. The van der Waals surface area contributed by atoms with Crippen LogP contribution in [0.25, 0.3) is 0 Å². The van der Waals surface area contributed by atoms with Gasteiger partial charge in [-0.05, 0) is 12.1 Å². The van der Waals surface area contributed by atoms with Gasteiger partial charge in [-0.1, -0.05) is 24.0 Å². The third kappa shape index (κ3) is 5.17. The Hall–Kier alpha value is -3.20. The first-order valence-corrected chi connectivity index (χ1v) is 9.49. The molecular formula is C16H13F3N4O4S. The lowest BCUT2D eigenvalue weighted by Gasteiger charge is -2.08. The van der Waals surface area contributed by atoms with E-state index in [0.717, 1.165) is 18.6 Å². The van der Waals surface area contributed by atoms with Crippen LogP contribution in [0.1, 0.15) is 17.5 Å². The summed E-state index contributed by atoms with van der Waals surface area (Å²) in [6, 6.07) is 4.83. The van der Waals surface area contributed by atoms with Crippen molar-refractivity contribution < 1.29 is 26.5 Å². The summed E-state index contributed by atoms with van der Waals surface area (Å²) < 4.78 is 61.9. The monoisotopic (exact) mass is 414 g/mol. The van der Waals surface area contributed by atoms with Gasteiger partial charge >= 0.3 is 11.9 Å². The van der Waals surface area contributed by atoms with Crippen LogP contribution in [-0.4, -0.2) is 36.1 Å². The van der Waals surface area contributed by atoms with Crippen molar-refractivity contribution in [3.63, 3.8) is 0 Å². The number of alkyl halides is 3. The molecule has 0 unspecified atom stereocenters. The number of nitro groups is 1. The second-order valence-corrected chi connectivity index (χ2v) is 7.36. The highest BCUT2D eigenvalue weighted by Crippen LogP contribution is 2.31. The van der Waals surface area contributed by atoms with E-state index in [2.05, 4.69) is 27.1 Å². The Morgan fingerprint density at radius 1 is 1.25 bits per heavy atom. The molecule has 0 bridgehead atoms. The summed E-state index contributed by atoms with van der Waals surface area (Å²) in [5, 5.41) is 13.0. The lowest BCUT2D eigenvalue weighted by Crippen LogP contribution is -2.11. The van der Waals surface area contributed by atoms with Crippen molar-refractivity contribution in [1.29, 1.82) is 0 Å². The van der Waals surface area contributed by atoms with Gasteiger partial charge in [0.05, 0.1) is 10.5 Å². The number of sulfone groups is 1. The van der Waals surface area contributed by atoms with Gasteiger partial charge in [0, 0.05) is 24.8 Å². The van der Waals surface area contributed by atoms with E-state index in [1.54, 1.807) is 0 Å². The van der Waals surface area contributed by atoms with Crippen LogP contribution in [0.15, 0.2) is 35.6 Å². The normalized spacial score (nSPS) is 11.4. The number of hydrogen-bond donors (Lipinski definition) is 1. The fraction of sp³-hybridized carbons (Fsp3) is 0.250. The molecule has 0 spiro atoms. The summed E-state index contributed by atoms with van der Waals surface area (Å²) in [6.07, 6.45) is -2.87.